The van der Waals surface area contributed by atoms with E-state index in [0.29, 0.717) is 11.7 Å². The van der Waals surface area contributed by atoms with Crippen LogP contribution in [0.1, 0.15) is 29.7 Å². The molecule has 7 nitrogen and oxygen atoms in total. The van der Waals surface area contributed by atoms with Crippen LogP contribution in [0.3, 0.4) is 0 Å². The number of fused-ring (bicyclic) bond motifs is 1. The van der Waals surface area contributed by atoms with E-state index in [1.165, 1.54) is 11.1 Å². The third kappa shape index (κ3) is 3.10. The Morgan fingerprint density at radius 2 is 1.86 bits per heavy atom. The number of nitrogens with zero attached hydrogens (tertiary/aromatic N) is 6. The molecular formula is C21H24N6O. The van der Waals surface area contributed by atoms with E-state index in [2.05, 4.69) is 44.2 Å². The van der Waals surface area contributed by atoms with Gasteiger partial charge < -0.3 is 9.80 Å². The zero-order valence-corrected chi connectivity index (χ0v) is 16.1. The van der Waals surface area contributed by atoms with Crippen LogP contribution in [0.25, 0.3) is 5.78 Å². The lowest BCUT2D eigenvalue weighted by atomic mass is 10.0. The van der Waals surface area contributed by atoms with E-state index >= 15 is 0 Å². The highest BCUT2D eigenvalue weighted by Gasteiger charge is 2.35. The summed E-state index contributed by atoms with van der Waals surface area (Å²) in [5, 5.41) is 4.45. The first kappa shape index (κ1) is 17.2. The topological polar surface area (TPSA) is 66.6 Å². The SMILES string of the molecule is Cc1nc2ncnn2c(N2CCN(C(=O)C3CC3)CC2)c1Cc1ccccc1. The van der Waals surface area contributed by atoms with E-state index in [-0.39, 0.29) is 5.92 Å². The molecule has 1 amide bonds. The molecule has 3 heterocycles. The van der Waals surface area contributed by atoms with E-state index in [1.807, 2.05) is 22.4 Å². The molecule has 0 N–H and O–H groups in total. The predicted molar refractivity (Wildman–Crippen MR) is 106 cm³/mol. The smallest absolute Gasteiger partial charge is 0.254 e. The highest BCUT2D eigenvalue weighted by Crippen LogP contribution is 2.32. The van der Waals surface area contributed by atoms with Crippen LogP contribution >= 0.6 is 0 Å². The quantitative estimate of drug-likeness (QED) is 0.697. The van der Waals surface area contributed by atoms with Crippen molar-refractivity contribution in [2.45, 2.75) is 26.2 Å². The Bertz CT molecular complexity index is 1000. The first-order chi connectivity index (χ1) is 13.7. The van der Waals surface area contributed by atoms with Gasteiger partial charge in [-0.05, 0) is 25.3 Å². The number of aromatic nitrogens is 4. The molecule has 0 bridgehead atoms. The van der Waals surface area contributed by atoms with E-state index in [9.17, 15) is 4.79 Å². The molecule has 1 aromatic carbocycles. The van der Waals surface area contributed by atoms with Crippen LogP contribution in [0.5, 0.6) is 0 Å². The molecule has 7 heteroatoms. The normalized spacial score (nSPS) is 17.3. The van der Waals surface area contributed by atoms with E-state index in [1.54, 1.807) is 6.33 Å². The summed E-state index contributed by atoms with van der Waals surface area (Å²) in [5.74, 6) is 2.30. The number of carbonyl (C=O) groups is 1. The zero-order valence-electron chi connectivity index (χ0n) is 16.1. The molecule has 0 spiro atoms. The van der Waals surface area contributed by atoms with Crippen LogP contribution in [0.4, 0.5) is 5.82 Å². The standard InChI is InChI=1S/C21H24N6O/c1-15-18(13-16-5-3-2-4-6-16)19(27-21(24-15)22-14-23-27)25-9-11-26(12-10-25)20(28)17-7-8-17/h2-6,14,17H,7-13H2,1H3. The Morgan fingerprint density at radius 3 is 2.57 bits per heavy atom. The number of amides is 1. The average Bonchev–Trinajstić information content (AvgIpc) is 3.48. The average molecular weight is 376 g/mol. The van der Waals surface area contributed by atoms with Crippen LogP contribution in [-0.4, -0.2) is 56.6 Å². The molecule has 1 saturated heterocycles. The summed E-state index contributed by atoms with van der Waals surface area (Å²) in [6, 6.07) is 10.4. The van der Waals surface area contributed by atoms with Gasteiger partial charge in [0.2, 0.25) is 5.91 Å². The van der Waals surface area contributed by atoms with Gasteiger partial charge in [0.25, 0.3) is 5.78 Å². The summed E-state index contributed by atoms with van der Waals surface area (Å²) in [4.78, 5) is 25.7. The van der Waals surface area contributed by atoms with Gasteiger partial charge in [0.15, 0.2) is 0 Å². The van der Waals surface area contributed by atoms with Crippen molar-refractivity contribution in [3.05, 3.63) is 53.5 Å². The summed E-state index contributed by atoms with van der Waals surface area (Å²) < 4.78 is 1.85. The Balaban J connectivity index is 1.48. The minimum Gasteiger partial charge on any atom is -0.353 e. The number of piperazine rings is 1. The molecule has 1 aliphatic heterocycles. The molecule has 3 aromatic rings. The molecule has 28 heavy (non-hydrogen) atoms. The Hall–Kier alpha value is -2.96. The highest BCUT2D eigenvalue weighted by molar-refractivity contribution is 5.81. The van der Waals surface area contributed by atoms with Gasteiger partial charge in [0.1, 0.15) is 12.1 Å². The van der Waals surface area contributed by atoms with Crippen molar-refractivity contribution >= 4 is 17.5 Å². The van der Waals surface area contributed by atoms with E-state index < -0.39 is 0 Å². The van der Waals surface area contributed by atoms with Gasteiger partial charge in [-0.3, -0.25) is 4.79 Å². The number of rotatable bonds is 4. The number of hydrogen-bond donors (Lipinski definition) is 0. The minimum absolute atomic E-state index is 0.283. The van der Waals surface area contributed by atoms with Crippen molar-refractivity contribution in [2.75, 3.05) is 31.1 Å². The molecule has 144 valence electrons. The van der Waals surface area contributed by atoms with Crippen molar-refractivity contribution < 1.29 is 4.79 Å². The maximum Gasteiger partial charge on any atom is 0.254 e. The van der Waals surface area contributed by atoms with Crippen molar-refractivity contribution in [1.29, 1.82) is 0 Å². The van der Waals surface area contributed by atoms with E-state index in [0.717, 1.165) is 57.0 Å². The van der Waals surface area contributed by atoms with Crippen LogP contribution in [0.2, 0.25) is 0 Å². The van der Waals surface area contributed by atoms with Crippen LogP contribution in [-0.2, 0) is 11.2 Å². The summed E-state index contributed by atoms with van der Waals surface area (Å²) >= 11 is 0. The van der Waals surface area contributed by atoms with Crippen molar-refractivity contribution in [2.24, 2.45) is 5.92 Å². The number of hydrogen-bond acceptors (Lipinski definition) is 5. The van der Waals surface area contributed by atoms with Gasteiger partial charge in [-0.1, -0.05) is 30.3 Å². The second-order valence-electron chi connectivity index (χ2n) is 7.72. The molecule has 2 aromatic heterocycles. The lowest BCUT2D eigenvalue weighted by molar-refractivity contribution is -0.132. The molecule has 0 atom stereocenters. The number of carbonyl (C=O) groups excluding carboxylic acids is 1. The van der Waals surface area contributed by atoms with Gasteiger partial charge in [0.05, 0.1) is 0 Å². The number of benzene rings is 1. The molecule has 0 unspecified atom stereocenters. The van der Waals surface area contributed by atoms with Crippen LogP contribution in [0, 0.1) is 12.8 Å². The maximum atomic E-state index is 12.4. The third-order valence-corrected chi connectivity index (χ3v) is 5.75. The fraction of sp³-hybridized carbons (Fsp3) is 0.429. The molecular weight excluding hydrogens is 352 g/mol. The molecule has 1 saturated carbocycles. The summed E-state index contributed by atoms with van der Waals surface area (Å²) in [6.07, 6.45) is 4.48. The Labute approximate surface area is 164 Å². The fourth-order valence-electron chi connectivity index (χ4n) is 4.03. The second-order valence-corrected chi connectivity index (χ2v) is 7.72. The third-order valence-electron chi connectivity index (χ3n) is 5.75. The van der Waals surface area contributed by atoms with Gasteiger partial charge in [0, 0.05) is 49.8 Å². The monoisotopic (exact) mass is 376 g/mol. The highest BCUT2D eigenvalue weighted by atomic mass is 16.2. The molecule has 2 aliphatic rings. The summed E-state index contributed by atoms with van der Waals surface area (Å²) in [7, 11) is 0. The Kier molecular flexibility index (Phi) is 4.22. The van der Waals surface area contributed by atoms with Gasteiger partial charge >= 0.3 is 0 Å². The minimum atomic E-state index is 0.283. The zero-order chi connectivity index (χ0) is 19.1. The summed E-state index contributed by atoms with van der Waals surface area (Å²) in [5.41, 5.74) is 3.40. The van der Waals surface area contributed by atoms with Crippen LogP contribution in [0.15, 0.2) is 36.7 Å². The largest absolute Gasteiger partial charge is 0.353 e. The van der Waals surface area contributed by atoms with Crippen LogP contribution < -0.4 is 4.90 Å². The van der Waals surface area contributed by atoms with Crippen molar-refractivity contribution in [3.8, 4) is 0 Å². The maximum absolute atomic E-state index is 12.4. The Morgan fingerprint density at radius 1 is 1.11 bits per heavy atom. The van der Waals surface area contributed by atoms with Crippen molar-refractivity contribution in [1.82, 2.24) is 24.5 Å². The summed E-state index contributed by atoms with van der Waals surface area (Å²) in [6.45, 7) is 5.18. The number of anilines is 1. The fourth-order valence-corrected chi connectivity index (χ4v) is 4.03. The van der Waals surface area contributed by atoms with E-state index in [4.69, 9.17) is 0 Å². The first-order valence-corrected chi connectivity index (χ1v) is 9.97. The molecule has 2 fully saturated rings. The predicted octanol–water partition coefficient (Wildman–Crippen LogP) is 2.08. The molecule has 0 radical (unpaired) electrons. The van der Waals surface area contributed by atoms with Gasteiger partial charge in [-0.25, -0.2) is 4.98 Å². The van der Waals surface area contributed by atoms with Crippen molar-refractivity contribution in [3.63, 3.8) is 0 Å². The first-order valence-electron chi connectivity index (χ1n) is 9.97. The lowest BCUT2D eigenvalue weighted by Crippen LogP contribution is -2.50. The second kappa shape index (κ2) is 6.89. The molecule has 5 rings (SSSR count). The lowest BCUT2D eigenvalue weighted by Gasteiger charge is -2.37. The van der Waals surface area contributed by atoms with Gasteiger partial charge in [-0.15, -0.1) is 0 Å². The number of aryl methyl sites for hydroxylation is 1. The van der Waals surface area contributed by atoms with Gasteiger partial charge in [-0.2, -0.15) is 14.6 Å². The molecule has 1 aliphatic carbocycles.